The SMILES string of the molecule is CCCCCC1CCNC(C(=O)NC)C1. The molecule has 0 aromatic heterocycles. The number of rotatable bonds is 5. The molecule has 1 amide bonds. The van der Waals surface area contributed by atoms with Crippen molar-refractivity contribution in [1.29, 1.82) is 0 Å². The summed E-state index contributed by atoms with van der Waals surface area (Å²) in [7, 11) is 1.71. The molecular weight excluding hydrogens is 188 g/mol. The summed E-state index contributed by atoms with van der Waals surface area (Å²) in [6.45, 7) is 3.23. The maximum Gasteiger partial charge on any atom is 0.236 e. The highest BCUT2D eigenvalue weighted by Gasteiger charge is 2.25. The fourth-order valence-corrected chi connectivity index (χ4v) is 2.32. The Labute approximate surface area is 93.0 Å². The summed E-state index contributed by atoms with van der Waals surface area (Å²) >= 11 is 0. The van der Waals surface area contributed by atoms with Crippen LogP contribution in [0.15, 0.2) is 0 Å². The van der Waals surface area contributed by atoms with Crippen molar-refractivity contribution in [3.05, 3.63) is 0 Å². The largest absolute Gasteiger partial charge is 0.358 e. The van der Waals surface area contributed by atoms with Crippen LogP contribution in [-0.2, 0) is 4.79 Å². The van der Waals surface area contributed by atoms with Crippen molar-refractivity contribution in [2.24, 2.45) is 5.92 Å². The summed E-state index contributed by atoms with van der Waals surface area (Å²) in [6, 6.07) is 0.0513. The van der Waals surface area contributed by atoms with Crippen molar-refractivity contribution in [3.8, 4) is 0 Å². The third-order valence-corrected chi connectivity index (χ3v) is 3.29. The molecule has 2 atom stereocenters. The second-order valence-electron chi connectivity index (χ2n) is 4.51. The van der Waals surface area contributed by atoms with E-state index in [1.807, 2.05) is 0 Å². The monoisotopic (exact) mass is 212 g/mol. The van der Waals surface area contributed by atoms with Gasteiger partial charge in [0.25, 0.3) is 0 Å². The molecule has 1 rings (SSSR count). The van der Waals surface area contributed by atoms with Gasteiger partial charge in [-0.15, -0.1) is 0 Å². The van der Waals surface area contributed by atoms with E-state index in [1.54, 1.807) is 7.05 Å². The first-order valence-corrected chi connectivity index (χ1v) is 6.23. The zero-order chi connectivity index (χ0) is 11.1. The quantitative estimate of drug-likeness (QED) is 0.681. The highest BCUT2D eigenvalue weighted by Crippen LogP contribution is 2.22. The Kier molecular flexibility index (Phi) is 5.69. The number of carbonyl (C=O) groups excluding carboxylic acids is 1. The summed E-state index contributed by atoms with van der Waals surface area (Å²) in [5.74, 6) is 0.898. The van der Waals surface area contributed by atoms with Gasteiger partial charge in [-0.2, -0.15) is 0 Å². The molecule has 0 aliphatic carbocycles. The van der Waals surface area contributed by atoms with E-state index in [0.717, 1.165) is 18.9 Å². The normalized spacial score (nSPS) is 26.3. The molecule has 15 heavy (non-hydrogen) atoms. The first-order chi connectivity index (χ1) is 7.27. The van der Waals surface area contributed by atoms with E-state index in [9.17, 15) is 4.79 Å². The lowest BCUT2D eigenvalue weighted by molar-refractivity contribution is -0.123. The Morgan fingerprint density at radius 3 is 2.93 bits per heavy atom. The first kappa shape index (κ1) is 12.5. The summed E-state index contributed by atoms with van der Waals surface area (Å²) in [6.07, 6.45) is 7.48. The van der Waals surface area contributed by atoms with Gasteiger partial charge >= 0.3 is 0 Å². The van der Waals surface area contributed by atoms with Gasteiger partial charge in [0.1, 0.15) is 0 Å². The van der Waals surface area contributed by atoms with E-state index in [4.69, 9.17) is 0 Å². The first-order valence-electron chi connectivity index (χ1n) is 6.23. The number of hydrogen-bond acceptors (Lipinski definition) is 2. The topological polar surface area (TPSA) is 41.1 Å². The minimum Gasteiger partial charge on any atom is -0.358 e. The molecule has 0 saturated carbocycles. The number of amides is 1. The van der Waals surface area contributed by atoms with Gasteiger partial charge in [0.2, 0.25) is 5.91 Å². The van der Waals surface area contributed by atoms with E-state index < -0.39 is 0 Å². The van der Waals surface area contributed by atoms with Crippen LogP contribution in [0.25, 0.3) is 0 Å². The molecule has 0 aromatic carbocycles. The van der Waals surface area contributed by atoms with E-state index in [-0.39, 0.29) is 11.9 Å². The Morgan fingerprint density at radius 2 is 2.27 bits per heavy atom. The van der Waals surface area contributed by atoms with Crippen molar-refractivity contribution >= 4 is 5.91 Å². The maximum absolute atomic E-state index is 11.5. The van der Waals surface area contributed by atoms with Gasteiger partial charge in [-0.3, -0.25) is 4.79 Å². The minimum absolute atomic E-state index is 0.0513. The van der Waals surface area contributed by atoms with Crippen LogP contribution in [-0.4, -0.2) is 25.5 Å². The molecule has 0 spiro atoms. The van der Waals surface area contributed by atoms with Gasteiger partial charge < -0.3 is 10.6 Å². The van der Waals surface area contributed by atoms with Crippen LogP contribution in [0.1, 0.15) is 45.4 Å². The van der Waals surface area contributed by atoms with Crippen LogP contribution in [0.4, 0.5) is 0 Å². The molecule has 0 bridgehead atoms. The number of unbranched alkanes of at least 4 members (excludes halogenated alkanes) is 2. The highest BCUT2D eigenvalue weighted by molar-refractivity contribution is 5.81. The summed E-state index contributed by atoms with van der Waals surface area (Å²) in [5, 5.41) is 6.00. The smallest absolute Gasteiger partial charge is 0.236 e. The summed E-state index contributed by atoms with van der Waals surface area (Å²) in [5.41, 5.74) is 0. The van der Waals surface area contributed by atoms with E-state index in [1.165, 1.54) is 32.1 Å². The molecule has 2 N–H and O–H groups in total. The molecule has 1 aliphatic rings. The second kappa shape index (κ2) is 6.83. The third-order valence-electron chi connectivity index (χ3n) is 3.29. The third kappa shape index (κ3) is 4.20. The molecule has 3 nitrogen and oxygen atoms in total. The number of likely N-dealkylation sites (N-methyl/N-ethyl adjacent to an activating group) is 1. The van der Waals surface area contributed by atoms with Gasteiger partial charge in [0.15, 0.2) is 0 Å². The molecular formula is C12H24N2O. The average molecular weight is 212 g/mol. The molecule has 2 unspecified atom stereocenters. The maximum atomic E-state index is 11.5. The predicted molar refractivity (Wildman–Crippen MR) is 62.7 cm³/mol. The molecule has 0 aromatic rings. The van der Waals surface area contributed by atoms with Gasteiger partial charge in [-0.25, -0.2) is 0 Å². The molecule has 1 saturated heterocycles. The van der Waals surface area contributed by atoms with E-state index >= 15 is 0 Å². The zero-order valence-corrected chi connectivity index (χ0v) is 10.0. The highest BCUT2D eigenvalue weighted by atomic mass is 16.2. The van der Waals surface area contributed by atoms with Crippen LogP contribution in [0.3, 0.4) is 0 Å². The number of hydrogen-bond donors (Lipinski definition) is 2. The van der Waals surface area contributed by atoms with Crippen LogP contribution in [0.2, 0.25) is 0 Å². The molecule has 1 heterocycles. The van der Waals surface area contributed by atoms with E-state index in [2.05, 4.69) is 17.6 Å². The average Bonchev–Trinajstić information content (AvgIpc) is 2.29. The number of carbonyl (C=O) groups is 1. The van der Waals surface area contributed by atoms with Crippen molar-refractivity contribution in [3.63, 3.8) is 0 Å². The zero-order valence-electron chi connectivity index (χ0n) is 10.0. The van der Waals surface area contributed by atoms with Gasteiger partial charge in [-0.1, -0.05) is 32.6 Å². The fourth-order valence-electron chi connectivity index (χ4n) is 2.32. The summed E-state index contributed by atoms with van der Waals surface area (Å²) in [4.78, 5) is 11.5. The van der Waals surface area contributed by atoms with Gasteiger partial charge in [0.05, 0.1) is 6.04 Å². The fraction of sp³-hybridized carbons (Fsp3) is 0.917. The Hall–Kier alpha value is -0.570. The minimum atomic E-state index is 0.0513. The Bertz CT molecular complexity index is 194. The molecule has 0 radical (unpaired) electrons. The van der Waals surface area contributed by atoms with Gasteiger partial charge in [0, 0.05) is 7.05 Å². The van der Waals surface area contributed by atoms with E-state index in [0.29, 0.717) is 0 Å². The number of nitrogens with one attached hydrogen (secondary N) is 2. The summed E-state index contributed by atoms with van der Waals surface area (Å²) < 4.78 is 0. The van der Waals surface area contributed by atoms with Crippen molar-refractivity contribution in [1.82, 2.24) is 10.6 Å². The lowest BCUT2D eigenvalue weighted by Gasteiger charge is -2.29. The van der Waals surface area contributed by atoms with Gasteiger partial charge in [-0.05, 0) is 25.3 Å². The van der Waals surface area contributed by atoms with Crippen molar-refractivity contribution < 1.29 is 4.79 Å². The number of piperidine rings is 1. The standard InChI is InChI=1S/C12H24N2O/c1-3-4-5-6-10-7-8-14-11(9-10)12(15)13-2/h10-11,14H,3-9H2,1-2H3,(H,13,15). The van der Waals surface area contributed by atoms with Crippen LogP contribution in [0.5, 0.6) is 0 Å². The van der Waals surface area contributed by atoms with Crippen LogP contribution in [0, 0.1) is 5.92 Å². The van der Waals surface area contributed by atoms with Crippen molar-refractivity contribution in [2.75, 3.05) is 13.6 Å². The second-order valence-corrected chi connectivity index (χ2v) is 4.51. The molecule has 3 heteroatoms. The predicted octanol–water partition coefficient (Wildman–Crippen LogP) is 1.68. The Balaban J connectivity index is 2.26. The molecule has 1 aliphatic heterocycles. The lowest BCUT2D eigenvalue weighted by Crippen LogP contribution is -2.47. The van der Waals surface area contributed by atoms with Crippen molar-refractivity contribution in [2.45, 2.75) is 51.5 Å². The molecule has 88 valence electrons. The lowest BCUT2D eigenvalue weighted by atomic mass is 9.88. The Morgan fingerprint density at radius 1 is 1.47 bits per heavy atom. The van der Waals surface area contributed by atoms with Crippen LogP contribution >= 0.6 is 0 Å². The van der Waals surface area contributed by atoms with Crippen LogP contribution < -0.4 is 10.6 Å². The molecule has 1 fully saturated rings.